The van der Waals surface area contributed by atoms with Crippen LogP contribution in [0.25, 0.3) is 0 Å². The minimum Gasteiger partial charge on any atom is -0.345 e. The summed E-state index contributed by atoms with van der Waals surface area (Å²) in [4.78, 5) is 21.7. The maximum Gasteiger partial charge on any atom is 0.223 e. The van der Waals surface area contributed by atoms with Gasteiger partial charge in [-0.25, -0.2) is 0 Å². The molecule has 3 heteroatoms. The van der Waals surface area contributed by atoms with E-state index in [1.165, 1.54) is 0 Å². The molecule has 1 aromatic rings. The average molecular weight is 204 g/mol. The molecule has 3 nitrogen and oxygen atoms in total. The summed E-state index contributed by atoms with van der Waals surface area (Å²) in [6.45, 7) is 1.75. The van der Waals surface area contributed by atoms with E-state index in [2.05, 4.69) is 5.32 Å². The van der Waals surface area contributed by atoms with Gasteiger partial charge in [0.2, 0.25) is 12.2 Å². The zero-order valence-corrected chi connectivity index (χ0v) is 8.69. The van der Waals surface area contributed by atoms with Gasteiger partial charge in [-0.15, -0.1) is 0 Å². The number of hydrogen-bond acceptors (Lipinski definition) is 2. The third-order valence-corrected chi connectivity index (χ3v) is 2.08. The fraction of sp³-hybridized carbons (Fsp3) is 0.333. The number of carbonyl (C=O) groups excluding carboxylic acids is 2. The molecule has 1 N–H and O–H groups in total. The Kier molecular flexibility index (Phi) is 4.54. The van der Waals surface area contributed by atoms with Crippen LogP contribution >= 0.6 is 0 Å². The molecule has 1 atom stereocenters. The zero-order chi connectivity index (χ0) is 11.1. The highest BCUT2D eigenvalue weighted by atomic mass is 16.2. The van der Waals surface area contributed by atoms with Crippen molar-refractivity contribution in [2.24, 2.45) is 0 Å². The van der Waals surface area contributed by atoms with Crippen molar-refractivity contribution in [1.82, 2.24) is 5.32 Å². The van der Waals surface area contributed by atoms with Crippen LogP contribution in [0.1, 0.15) is 18.9 Å². The van der Waals surface area contributed by atoms with E-state index in [9.17, 15) is 9.59 Å². The van der Waals surface area contributed by atoms with Crippen LogP contribution in [0.15, 0.2) is 30.3 Å². The van der Waals surface area contributed by atoms with Gasteiger partial charge in [-0.1, -0.05) is 37.3 Å². The second-order valence-electron chi connectivity index (χ2n) is 3.28. The van der Waals surface area contributed by atoms with E-state index in [-0.39, 0.29) is 5.91 Å². The monoisotopic (exact) mass is 204 g/mol. The molecule has 15 heavy (non-hydrogen) atoms. The number of carbonyl (C=O) groups is 1. The summed E-state index contributed by atoms with van der Waals surface area (Å²) in [6, 6.07) is 9.01. The third-order valence-electron chi connectivity index (χ3n) is 2.08. The van der Waals surface area contributed by atoms with Crippen LogP contribution in [-0.2, 0) is 16.0 Å². The van der Waals surface area contributed by atoms with Crippen LogP contribution in [0.4, 0.5) is 0 Å². The van der Waals surface area contributed by atoms with Gasteiger partial charge in [0.05, 0.1) is 6.04 Å². The maximum atomic E-state index is 11.1. The van der Waals surface area contributed by atoms with Crippen molar-refractivity contribution < 1.29 is 9.59 Å². The van der Waals surface area contributed by atoms with Gasteiger partial charge in [0, 0.05) is 12.8 Å². The van der Waals surface area contributed by atoms with E-state index in [1.807, 2.05) is 36.6 Å². The Morgan fingerprint density at radius 3 is 2.60 bits per heavy atom. The second kappa shape index (κ2) is 5.96. The lowest BCUT2D eigenvalue weighted by atomic mass is 10.1. The smallest absolute Gasteiger partial charge is 0.223 e. The first kappa shape index (κ1) is 11.4. The minimum atomic E-state index is -0.542. The summed E-state index contributed by atoms with van der Waals surface area (Å²) in [6.07, 6.45) is 2.71. The number of amides is 1. The predicted molar refractivity (Wildman–Crippen MR) is 58.1 cm³/mol. The lowest BCUT2D eigenvalue weighted by Crippen LogP contribution is -2.37. The summed E-state index contributed by atoms with van der Waals surface area (Å²) in [5, 5.41) is 2.60. The van der Waals surface area contributed by atoms with Gasteiger partial charge < -0.3 is 5.32 Å². The summed E-state index contributed by atoms with van der Waals surface area (Å²) in [5.41, 5.74) is 1.02. The van der Waals surface area contributed by atoms with Gasteiger partial charge >= 0.3 is 0 Å². The molecule has 1 radical (unpaired) electrons. The third kappa shape index (κ3) is 3.94. The van der Waals surface area contributed by atoms with Gasteiger partial charge in [0.1, 0.15) is 0 Å². The molecular formula is C12H14NO2. The fourth-order valence-corrected chi connectivity index (χ4v) is 1.27. The first-order chi connectivity index (χ1) is 7.26. The molecule has 0 saturated heterocycles. The van der Waals surface area contributed by atoms with Gasteiger partial charge in [0.25, 0.3) is 0 Å². The quantitative estimate of drug-likeness (QED) is 0.784. The molecule has 0 bridgehead atoms. The zero-order valence-electron chi connectivity index (χ0n) is 8.69. The highest BCUT2D eigenvalue weighted by Crippen LogP contribution is 2.01. The van der Waals surface area contributed by atoms with Crippen molar-refractivity contribution in [3.63, 3.8) is 0 Å². The molecule has 0 aliphatic carbocycles. The van der Waals surface area contributed by atoms with Crippen molar-refractivity contribution in [3.05, 3.63) is 35.9 Å². The van der Waals surface area contributed by atoms with Crippen LogP contribution in [0, 0.1) is 0 Å². The number of hydrogen-bond donors (Lipinski definition) is 1. The van der Waals surface area contributed by atoms with Gasteiger partial charge in [-0.05, 0) is 5.56 Å². The van der Waals surface area contributed by atoms with Crippen molar-refractivity contribution in [1.29, 1.82) is 0 Å². The maximum absolute atomic E-state index is 11.1. The molecule has 0 aliphatic rings. The van der Waals surface area contributed by atoms with Crippen LogP contribution in [-0.4, -0.2) is 18.2 Å². The Hall–Kier alpha value is -1.64. The van der Waals surface area contributed by atoms with Crippen LogP contribution < -0.4 is 5.32 Å². The van der Waals surface area contributed by atoms with Crippen LogP contribution in [0.5, 0.6) is 0 Å². The second-order valence-corrected chi connectivity index (χ2v) is 3.28. The van der Waals surface area contributed by atoms with Crippen LogP contribution in [0.2, 0.25) is 0 Å². The molecule has 0 aromatic heterocycles. The first-order valence-corrected chi connectivity index (χ1v) is 4.97. The Balaban J connectivity index is 2.54. The molecular weight excluding hydrogens is 190 g/mol. The van der Waals surface area contributed by atoms with E-state index in [1.54, 1.807) is 6.92 Å². The van der Waals surface area contributed by atoms with Crippen molar-refractivity contribution in [2.75, 3.05) is 0 Å². The Morgan fingerprint density at radius 2 is 2.07 bits per heavy atom. The Labute approximate surface area is 89.5 Å². The first-order valence-electron chi connectivity index (χ1n) is 4.97. The SMILES string of the molecule is CCC(=O)N[C@H]([C]=O)Cc1ccccc1. The number of nitrogens with one attached hydrogen (secondary N) is 1. The molecule has 0 unspecified atom stereocenters. The number of benzene rings is 1. The fourth-order valence-electron chi connectivity index (χ4n) is 1.27. The molecule has 0 saturated carbocycles. The van der Waals surface area contributed by atoms with E-state index in [0.29, 0.717) is 12.8 Å². The van der Waals surface area contributed by atoms with Crippen LogP contribution in [0.3, 0.4) is 0 Å². The van der Waals surface area contributed by atoms with E-state index in [0.717, 1.165) is 5.56 Å². The molecule has 1 rings (SSSR count). The molecule has 1 amide bonds. The minimum absolute atomic E-state index is 0.126. The van der Waals surface area contributed by atoms with E-state index in [4.69, 9.17) is 0 Å². The van der Waals surface area contributed by atoms with Crippen molar-refractivity contribution in [3.8, 4) is 0 Å². The van der Waals surface area contributed by atoms with Crippen molar-refractivity contribution >= 4 is 12.2 Å². The highest BCUT2D eigenvalue weighted by Gasteiger charge is 2.11. The lowest BCUT2D eigenvalue weighted by Gasteiger charge is -2.10. The summed E-state index contributed by atoms with van der Waals surface area (Å²) in [5.74, 6) is -0.126. The van der Waals surface area contributed by atoms with Gasteiger partial charge in [0.15, 0.2) is 0 Å². The summed E-state index contributed by atoms with van der Waals surface area (Å²) in [7, 11) is 0. The summed E-state index contributed by atoms with van der Waals surface area (Å²) < 4.78 is 0. The topological polar surface area (TPSA) is 46.2 Å². The molecule has 79 valence electrons. The Bertz CT molecular complexity index is 322. The lowest BCUT2D eigenvalue weighted by molar-refractivity contribution is -0.121. The highest BCUT2D eigenvalue weighted by molar-refractivity contribution is 5.79. The average Bonchev–Trinajstić information content (AvgIpc) is 2.29. The van der Waals surface area contributed by atoms with Crippen molar-refractivity contribution in [2.45, 2.75) is 25.8 Å². The molecule has 0 heterocycles. The van der Waals surface area contributed by atoms with Gasteiger partial charge in [-0.3, -0.25) is 9.59 Å². The Morgan fingerprint density at radius 1 is 1.40 bits per heavy atom. The van der Waals surface area contributed by atoms with Gasteiger partial charge in [-0.2, -0.15) is 0 Å². The number of rotatable bonds is 5. The standard InChI is InChI=1S/C12H14NO2/c1-2-12(15)13-11(9-14)8-10-6-4-3-5-7-10/h3-7,11H,2,8H2,1H3,(H,13,15)/t11-/m0/s1. The summed E-state index contributed by atoms with van der Waals surface area (Å²) >= 11 is 0. The van der Waals surface area contributed by atoms with E-state index >= 15 is 0 Å². The predicted octanol–water partition coefficient (Wildman–Crippen LogP) is 1.23. The largest absolute Gasteiger partial charge is 0.345 e. The molecule has 1 aromatic carbocycles. The normalized spacial score (nSPS) is 11.8. The molecule has 0 spiro atoms. The molecule has 0 aliphatic heterocycles. The van der Waals surface area contributed by atoms with E-state index < -0.39 is 6.04 Å². The molecule has 0 fully saturated rings.